The standard InChI is InChI=1S/C11H19N3S/c1-15-8-4-2-3-6-14-11-5-7-13-9-10(11)12/h5,7,9H,2-4,6,8,12H2,1H3,(H,13,14). The Balaban J connectivity index is 2.12. The van der Waals surface area contributed by atoms with Crippen LogP contribution in [0.15, 0.2) is 18.5 Å². The lowest BCUT2D eigenvalue weighted by molar-refractivity contribution is 0.750. The van der Waals surface area contributed by atoms with Crippen molar-refractivity contribution in [3.8, 4) is 0 Å². The second-order valence-electron chi connectivity index (χ2n) is 3.44. The minimum Gasteiger partial charge on any atom is -0.396 e. The third-order valence-corrected chi connectivity index (χ3v) is 2.89. The summed E-state index contributed by atoms with van der Waals surface area (Å²) >= 11 is 1.91. The molecule has 0 atom stereocenters. The van der Waals surface area contributed by atoms with Crippen molar-refractivity contribution in [3.63, 3.8) is 0 Å². The van der Waals surface area contributed by atoms with Crippen molar-refractivity contribution in [2.24, 2.45) is 0 Å². The molecule has 1 aromatic rings. The second-order valence-corrected chi connectivity index (χ2v) is 4.43. The molecular weight excluding hydrogens is 206 g/mol. The van der Waals surface area contributed by atoms with Gasteiger partial charge in [0.05, 0.1) is 17.6 Å². The molecule has 0 fully saturated rings. The van der Waals surface area contributed by atoms with Gasteiger partial charge in [-0.25, -0.2) is 0 Å². The van der Waals surface area contributed by atoms with Gasteiger partial charge in [-0.1, -0.05) is 6.42 Å². The van der Waals surface area contributed by atoms with E-state index in [2.05, 4.69) is 16.6 Å². The topological polar surface area (TPSA) is 50.9 Å². The summed E-state index contributed by atoms with van der Waals surface area (Å²) in [7, 11) is 0. The van der Waals surface area contributed by atoms with Crippen LogP contribution >= 0.6 is 11.8 Å². The maximum atomic E-state index is 5.75. The lowest BCUT2D eigenvalue weighted by atomic mass is 10.2. The van der Waals surface area contributed by atoms with E-state index in [1.54, 1.807) is 12.4 Å². The van der Waals surface area contributed by atoms with Gasteiger partial charge in [-0.3, -0.25) is 4.98 Å². The molecular formula is C11H19N3S. The molecule has 0 unspecified atom stereocenters. The summed E-state index contributed by atoms with van der Waals surface area (Å²) in [4.78, 5) is 3.95. The fourth-order valence-corrected chi connectivity index (χ4v) is 1.83. The van der Waals surface area contributed by atoms with Gasteiger partial charge in [0.15, 0.2) is 0 Å². The van der Waals surface area contributed by atoms with Crippen LogP contribution in [0.2, 0.25) is 0 Å². The molecule has 3 N–H and O–H groups in total. The highest BCUT2D eigenvalue weighted by Gasteiger charge is 1.96. The molecule has 0 spiro atoms. The summed E-state index contributed by atoms with van der Waals surface area (Å²) in [6.07, 6.45) is 9.36. The summed E-state index contributed by atoms with van der Waals surface area (Å²) in [5, 5.41) is 3.32. The minimum absolute atomic E-state index is 0.724. The Morgan fingerprint density at radius 3 is 3.00 bits per heavy atom. The van der Waals surface area contributed by atoms with E-state index in [0.717, 1.165) is 17.9 Å². The van der Waals surface area contributed by atoms with Crippen LogP contribution in [-0.2, 0) is 0 Å². The van der Waals surface area contributed by atoms with Crippen molar-refractivity contribution in [3.05, 3.63) is 18.5 Å². The van der Waals surface area contributed by atoms with Crippen LogP contribution < -0.4 is 11.1 Å². The summed E-state index contributed by atoms with van der Waals surface area (Å²) in [6, 6.07) is 1.91. The second kappa shape index (κ2) is 7.40. The van der Waals surface area contributed by atoms with Gasteiger partial charge >= 0.3 is 0 Å². The lowest BCUT2D eigenvalue weighted by Gasteiger charge is -2.07. The van der Waals surface area contributed by atoms with Crippen molar-refractivity contribution in [1.29, 1.82) is 0 Å². The Bertz CT molecular complexity index is 278. The fraction of sp³-hybridized carbons (Fsp3) is 0.545. The van der Waals surface area contributed by atoms with Crippen molar-refractivity contribution < 1.29 is 0 Å². The molecule has 0 saturated heterocycles. The zero-order chi connectivity index (χ0) is 10.9. The van der Waals surface area contributed by atoms with E-state index in [4.69, 9.17) is 5.73 Å². The number of anilines is 2. The molecule has 4 heteroatoms. The van der Waals surface area contributed by atoms with Crippen molar-refractivity contribution in [2.75, 3.05) is 29.6 Å². The maximum Gasteiger partial charge on any atom is 0.0736 e. The average Bonchev–Trinajstić information content (AvgIpc) is 2.25. The molecule has 0 aliphatic carbocycles. The number of thioether (sulfide) groups is 1. The van der Waals surface area contributed by atoms with Gasteiger partial charge in [-0.05, 0) is 30.9 Å². The number of rotatable bonds is 7. The smallest absolute Gasteiger partial charge is 0.0736 e. The molecule has 15 heavy (non-hydrogen) atoms. The number of aromatic nitrogens is 1. The van der Waals surface area contributed by atoms with Crippen LogP contribution in [0.3, 0.4) is 0 Å². The molecule has 84 valence electrons. The Morgan fingerprint density at radius 2 is 2.27 bits per heavy atom. The molecule has 0 saturated carbocycles. The van der Waals surface area contributed by atoms with Crippen LogP contribution in [0.25, 0.3) is 0 Å². The average molecular weight is 225 g/mol. The molecule has 0 amide bonds. The highest BCUT2D eigenvalue weighted by Crippen LogP contribution is 2.15. The minimum atomic E-state index is 0.724. The first-order valence-electron chi connectivity index (χ1n) is 5.27. The monoisotopic (exact) mass is 225 g/mol. The zero-order valence-electron chi connectivity index (χ0n) is 9.20. The SMILES string of the molecule is CSCCCCCNc1ccncc1N. The first-order valence-corrected chi connectivity index (χ1v) is 6.66. The van der Waals surface area contributed by atoms with Gasteiger partial charge < -0.3 is 11.1 Å². The molecule has 0 aromatic carbocycles. The summed E-state index contributed by atoms with van der Waals surface area (Å²) in [5.74, 6) is 1.26. The van der Waals surface area contributed by atoms with Crippen LogP contribution in [0, 0.1) is 0 Å². The quantitative estimate of drug-likeness (QED) is 0.700. The summed E-state index contributed by atoms with van der Waals surface area (Å²) in [6.45, 7) is 0.989. The Labute approximate surface area is 95.9 Å². The van der Waals surface area contributed by atoms with E-state index in [1.807, 2.05) is 17.8 Å². The van der Waals surface area contributed by atoms with Gasteiger partial charge in [-0.15, -0.1) is 0 Å². The van der Waals surface area contributed by atoms with Crippen LogP contribution in [0.1, 0.15) is 19.3 Å². The molecule has 1 heterocycles. The molecule has 0 aliphatic heterocycles. The third kappa shape index (κ3) is 4.93. The molecule has 0 radical (unpaired) electrons. The number of nitrogen functional groups attached to an aromatic ring is 1. The van der Waals surface area contributed by atoms with E-state index < -0.39 is 0 Å². The first kappa shape index (κ1) is 12.2. The number of nitrogens with two attached hydrogens (primary N) is 1. The fourth-order valence-electron chi connectivity index (χ4n) is 1.34. The molecule has 1 aromatic heterocycles. The Kier molecular flexibility index (Phi) is 6.00. The highest BCUT2D eigenvalue weighted by molar-refractivity contribution is 7.98. The number of unbranched alkanes of at least 4 members (excludes halogenated alkanes) is 2. The van der Waals surface area contributed by atoms with Crippen LogP contribution in [0.4, 0.5) is 11.4 Å². The zero-order valence-corrected chi connectivity index (χ0v) is 10.0. The van der Waals surface area contributed by atoms with Crippen molar-refractivity contribution in [2.45, 2.75) is 19.3 Å². The van der Waals surface area contributed by atoms with Crippen LogP contribution in [-0.4, -0.2) is 23.5 Å². The van der Waals surface area contributed by atoms with Crippen LogP contribution in [0.5, 0.6) is 0 Å². The number of nitrogens with zero attached hydrogens (tertiary/aromatic N) is 1. The largest absolute Gasteiger partial charge is 0.396 e. The third-order valence-electron chi connectivity index (χ3n) is 2.19. The van der Waals surface area contributed by atoms with E-state index in [9.17, 15) is 0 Å². The summed E-state index contributed by atoms with van der Waals surface area (Å²) < 4.78 is 0. The van der Waals surface area contributed by atoms with E-state index in [-0.39, 0.29) is 0 Å². The van der Waals surface area contributed by atoms with Crippen molar-refractivity contribution in [1.82, 2.24) is 4.98 Å². The summed E-state index contributed by atoms with van der Waals surface area (Å²) in [5.41, 5.74) is 7.47. The molecule has 3 nitrogen and oxygen atoms in total. The van der Waals surface area contributed by atoms with Gasteiger partial charge in [0, 0.05) is 12.7 Å². The van der Waals surface area contributed by atoms with E-state index >= 15 is 0 Å². The van der Waals surface area contributed by atoms with Crippen molar-refractivity contribution >= 4 is 23.1 Å². The van der Waals surface area contributed by atoms with Gasteiger partial charge in [0.2, 0.25) is 0 Å². The first-order chi connectivity index (χ1) is 7.34. The van der Waals surface area contributed by atoms with Gasteiger partial charge in [0.1, 0.15) is 0 Å². The molecule has 0 bridgehead atoms. The maximum absolute atomic E-state index is 5.75. The molecule has 1 rings (SSSR count). The van der Waals surface area contributed by atoms with Gasteiger partial charge in [-0.2, -0.15) is 11.8 Å². The normalized spacial score (nSPS) is 10.2. The number of pyridine rings is 1. The predicted molar refractivity (Wildman–Crippen MR) is 69.4 cm³/mol. The van der Waals surface area contributed by atoms with E-state index in [1.165, 1.54) is 25.0 Å². The lowest BCUT2D eigenvalue weighted by Crippen LogP contribution is -2.04. The Hall–Kier alpha value is -0.900. The molecule has 0 aliphatic rings. The number of hydrogen-bond donors (Lipinski definition) is 2. The van der Waals surface area contributed by atoms with E-state index in [0.29, 0.717) is 0 Å². The van der Waals surface area contributed by atoms with Gasteiger partial charge in [0.25, 0.3) is 0 Å². The number of hydrogen-bond acceptors (Lipinski definition) is 4. The Morgan fingerprint density at radius 1 is 1.40 bits per heavy atom. The highest BCUT2D eigenvalue weighted by atomic mass is 32.2. The predicted octanol–water partition coefficient (Wildman–Crippen LogP) is 2.61. The number of nitrogens with one attached hydrogen (secondary N) is 1.